The SMILES string of the molecule is CCC(N)Cc1cc(Cl)ccc1OCC(F)(F)F. The second kappa shape index (κ2) is 6.29. The summed E-state index contributed by atoms with van der Waals surface area (Å²) in [7, 11) is 0. The van der Waals surface area contributed by atoms with Crippen LogP contribution in [0.25, 0.3) is 0 Å². The van der Waals surface area contributed by atoms with Crippen LogP contribution in [0, 0.1) is 0 Å². The van der Waals surface area contributed by atoms with Crippen LogP contribution in [0.5, 0.6) is 5.75 Å². The molecule has 0 spiro atoms. The zero-order chi connectivity index (χ0) is 13.8. The summed E-state index contributed by atoms with van der Waals surface area (Å²) in [6.45, 7) is 0.592. The van der Waals surface area contributed by atoms with Gasteiger partial charge in [0.15, 0.2) is 6.61 Å². The van der Waals surface area contributed by atoms with E-state index in [-0.39, 0.29) is 11.8 Å². The molecule has 102 valence electrons. The molecule has 2 nitrogen and oxygen atoms in total. The molecule has 0 aromatic heterocycles. The van der Waals surface area contributed by atoms with Crippen molar-refractivity contribution in [1.82, 2.24) is 0 Å². The number of hydrogen-bond donors (Lipinski definition) is 1. The van der Waals surface area contributed by atoms with Crippen LogP contribution < -0.4 is 10.5 Å². The lowest BCUT2D eigenvalue weighted by Gasteiger charge is -2.15. The van der Waals surface area contributed by atoms with Gasteiger partial charge in [0.1, 0.15) is 5.75 Å². The molecular formula is C12H15ClF3NO. The predicted octanol–water partition coefficient (Wildman–Crippen LogP) is 3.56. The highest BCUT2D eigenvalue weighted by molar-refractivity contribution is 6.30. The molecule has 0 heterocycles. The number of hydrogen-bond acceptors (Lipinski definition) is 2. The molecular weight excluding hydrogens is 267 g/mol. The van der Waals surface area contributed by atoms with E-state index in [1.807, 2.05) is 6.92 Å². The minimum atomic E-state index is -4.36. The summed E-state index contributed by atoms with van der Waals surface area (Å²) in [6, 6.07) is 4.39. The van der Waals surface area contributed by atoms with Gasteiger partial charge in [-0.25, -0.2) is 0 Å². The van der Waals surface area contributed by atoms with Crippen molar-refractivity contribution >= 4 is 11.6 Å². The molecule has 1 unspecified atom stereocenters. The molecule has 0 fully saturated rings. The molecule has 1 atom stereocenters. The Balaban J connectivity index is 2.82. The van der Waals surface area contributed by atoms with Crippen molar-refractivity contribution < 1.29 is 17.9 Å². The van der Waals surface area contributed by atoms with Gasteiger partial charge in [-0.15, -0.1) is 0 Å². The summed E-state index contributed by atoms with van der Waals surface area (Å²) < 4.78 is 41.1. The van der Waals surface area contributed by atoms with Crippen LogP contribution in [0.1, 0.15) is 18.9 Å². The molecule has 0 aliphatic heterocycles. The topological polar surface area (TPSA) is 35.2 Å². The second-order valence-electron chi connectivity index (χ2n) is 4.03. The van der Waals surface area contributed by atoms with E-state index in [2.05, 4.69) is 0 Å². The van der Waals surface area contributed by atoms with Crippen molar-refractivity contribution in [2.75, 3.05) is 6.61 Å². The van der Waals surface area contributed by atoms with Gasteiger partial charge in [-0.3, -0.25) is 0 Å². The Hall–Kier alpha value is -0.940. The molecule has 0 aliphatic carbocycles. The average molecular weight is 282 g/mol. The Labute approximate surface area is 109 Å². The molecule has 0 radical (unpaired) electrons. The van der Waals surface area contributed by atoms with Gasteiger partial charge in [0.2, 0.25) is 0 Å². The summed E-state index contributed by atoms with van der Waals surface area (Å²) >= 11 is 5.81. The molecule has 1 aromatic rings. The van der Waals surface area contributed by atoms with E-state index < -0.39 is 12.8 Å². The predicted molar refractivity (Wildman–Crippen MR) is 65.0 cm³/mol. The van der Waals surface area contributed by atoms with Crippen LogP contribution in [-0.4, -0.2) is 18.8 Å². The lowest BCUT2D eigenvalue weighted by molar-refractivity contribution is -0.153. The summed E-state index contributed by atoms with van der Waals surface area (Å²) in [5.74, 6) is 0.181. The highest BCUT2D eigenvalue weighted by atomic mass is 35.5. The maximum atomic E-state index is 12.1. The first-order chi connectivity index (χ1) is 8.31. The smallest absolute Gasteiger partial charge is 0.422 e. The fourth-order valence-corrected chi connectivity index (χ4v) is 1.63. The Morgan fingerprint density at radius 2 is 2.06 bits per heavy atom. The van der Waals surface area contributed by atoms with Crippen LogP contribution in [0.3, 0.4) is 0 Å². The Morgan fingerprint density at radius 1 is 1.39 bits per heavy atom. The maximum Gasteiger partial charge on any atom is 0.422 e. The number of ether oxygens (including phenoxy) is 1. The van der Waals surface area contributed by atoms with Crippen LogP contribution in [0.2, 0.25) is 5.02 Å². The van der Waals surface area contributed by atoms with Crippen molar-refractivity contribution in [1.29, 1.82) is 0 Å². The Morgan fingerprint density at radius 3 is 2.61 bits per heavy atom. The summed E-state index contributed by atoms with van der Waals surface area (Å²) in [5, 5.41) is 0.452. The van der Waals surface area contributed by atoms with E-state index in [4.69, 9.17) is 22.1 Å². The van der Waals surface area contributed by atoms with Gasteiger partial charge in [-0.05, 0) is 36.6 Å². The second-order valence-corrected chi connectivity index (χ2v) is 4.46. The van der Waals surface area contributed by atoms with Gasteiger partial charge in [-0.1, -0.05) is 18.5 Å². The average Bonchev–Trinajstić information content (AvgIpc) is 2.26. The molecule has 1 aromatic carbocycles. The quantitative estimate of drug-likeness (QED) is 0.896. The fourth-order valence-electron chi connectivity index (χ4n) is 1.43. The molecule has 0 amide bonds. The number of alkyl halides is 3. The Bertz CT molecular complexity index is 395. The standard InChI is InChI=1S/C12H15ClF3NO/c1-2-10(17)6-8-5-9(13)3-4-11(8)18-7-12(14,15)16/h3-5,10H,2,6-7,17H2,1H3. The van der Waals surface area contributed by atoms with E-state index in [1.165, 1.54) is 12.1 Å². The first-order valence-electron chi connectivity index (χ1n) is 5.55. The lowest BCUT2D eigenvalue weighted by Crippen LogP contribution is -2.23. The first-order valence-corrected chi connectivity index (χ1v) is 5.93. The summed E-state index contributed by atoms with van der Waals surface area (Å²) in [4.78, 5) is 0. The van der Waals surface area contributed by atoms with E-state index in [0.717, 1.165) is 6.42 Å². The zero-order valence-electron chi connectivity index (χ0n) is 9.93. The first kappa shape index (κ1) is 15.1. The third kappa shape index (κ3) is 5.14. The summed E-state index contributed by atoms with van der Waals surface area (Å²) in [6.07, 6.45) is -3.20. The van der Waals surface area contributed by atoms with Gasteiger partial charge in [-0.2, -0.15) is 13.2 Å². The van der Waals surface area contributed by atoms with E-state index in [1.54, 1.807) is 6.07 Å². The van der Waals surface area contributed by atoms with Crippen molar-refractivity contribution in [3.05, 3.63) is 28.8 Å². The fraction of sp³-hybridized carbons (Fsp3) is 0.500. The molecule has 18 heavy (non-hydrogen) atoms. The molecule has 0 bridgehead atoms. The molecule has 0 saturated heterocycles. The number of halogens is 4. The van der Waals surface area contributed by atoms with Gasteiger partial charge in [0, 0.05) is 11.1 Å². The normalized spacial score (nSPS) is 13.4. The zero-order valence-corrected chi connectivity index (χ0v) is 10.7. The maximum absolute atomic E-state index is 12.1. The van der Waals surface area contributed by atoms with Crippen LogP contribution in [0.15, 0.2) is 18.2 Å². The largest absolute Gasteiger partial charge is 0.484 e. The highest BCUT2D eigenvalue weighted by Gasteiger charge is 2.28. The molecule has 2 N–H and O–H groups in total. The molecule has 0 aliphatic rings. The van der Waals surface area contributed by atoms with Crippen molar-refractivity contribution in [3.63, 3.8) is 0 Å². The van der Waals surface area contributed by atoms with Gasteiger partial charge >= 0.3 is 6.18 Å². The molecule has 1 rings (SSSR count). The Kier molecular flexibility index (Phi) is 5.28. The van der Waals surface area contributed by atoms with Crippen LogP contribution in [0.4, 0.5) is 13.2 Å². The van der Waals surface area contributed by atoms with Gasteiger partial charge in [0.05, 0.1) is 0 Å². The van der Waals surface area contributed by atoms with Crippen LogP contribution >= 0.6 is 11.6 Å². The van der Waals surface area contributed by atoms with Crippen molar-refractivity contribution in [2.45, 2.75) is 32.0 Å². The lowest BCUT2D eigenvalue weighted by atomic mass is 10.0. The van der Waals surface area contributed by atoms with Crippen LogP contribution in [-0.2, 0) is 6.42 Å². The highest BCUT2D eigenvalue weighted by Crippen LogP contribution is 2.26. The molecule has 6 heteroatoms. The number of rotatable bonds is 5. The van der Waals surface area contributed by atoms with Gasteiger partial charge in [0.25, 0.3) is 0 Å². The number of benzene rings is 1. The van der Waals surface area contributed by atoms with E-state index in [0.29, 0.717) is 17.0 Å². The van der Waals surface area contributed by atoms with Crippen molar-refractivity contribution in [3.8, 4) is 5.75 Å². The minimum Gasteiger partial charge on any atom is -0.484 e. The third-order valence-corrected chi connectivity index (χ3v) is 2.66. The minimum absolute atomic E-state index is 0.128. The number of nitrogens with two attached hydrogens (primary N) is 1. The molecule has 0 saturated carbocycles. The third-order valence-electron chi connectivity index (χ3n) is 2.42. The van der Waals surface area contributed by atoms with Gasteiger partial charge < -0.3 is 10.5 Å². The van der Waals surface area contributed by atoms with Crippen molar-refractivity contribution in [2.24, 2.45) is 5.73 Å². The summed E-state index contributed by atoms with van der Waals surface area (Å²) in [5.41, 5.74) is 6.38. The van der Waals surface area contributed by atoms with E-state index >= 15 is 0 Å². The monoisotopic (exact) mass is 281 g/mol. The van der Waals surface area contributed by atoms with E-state index in [9.17, 15) is 13.2 Å².